The third-order valence-corrected chi connectivity index (χ3v) is 12.9. The normalized spacial score (nSPS) is 20.6. The second kappa shape index (κ2) is 28.1. The second-order valence-corrected chi connectivity index (χ2v) is 17.9. The molecule has 0 heterocycles. The Kier molecular flexibility index (Phi) is 21.8. The Bertz CT molecular complexity index is 2240. The number of ether oxygens (including phenoxy) is 9. The van der Waals surface area contributed by atoms with E-state index in [4.69, 9.17) is 42.6 Å². The summed E-state index contributed by atoms with van der Waals surface area (Å²) in [4.78, 5) is 113. The average Bonchev–Trinajstić information content (AvgIpc) is 3.38. The maximum atomic E-state index is 13.4. The quantitative estimate of drug-likeness (QED) is 0.0342. The molecule has 3 saturated carbocycles. The number of esters is 9. The van der Waals surface area contributed by atoms with Crippen molar-refractivity contribution in [1.82, 2.24) is 0 Å². The Morgan fingerprint density at radius 3 is 1.14 bits per heavy atom. The zero-order valence-corrected chi connectivity index (χ0v) is 40.5. The predicted octanol–water partition coefficient (Wildman–Crippen LogP) is 7.63. The fraction of sp³-hybridized carbons (Fsp3) is 0.528. The third-order valence-electron chi connectivity index (χ3n) is 12.9. The summed E-state index contributed by atoms with van der Waals surface area (Å²) >= 11 is 0. The number of methoxy groups -OCH3 is 1. The molecular weight excluding hydrogens is 925 g/mol. The molecule has 384 valence electrons. The van der Waals surface area contributed by atoms with E-state index in [0.717, 1.165) is 12.2 Å². The number of hydrogen-bond acceptors (Lipinski definition) is 18. The van der Waals surface area contributed by atoms with Crippen LogP contribution in [0.15, 0.2) is 61.7 Å². The van der Waals surface area contributed by atoms with Crippen LogP contribution in [0.1, 0.15) is 119 Å². The molecule has 0 aromatic heterocycles. The van der Waals surface area contributed by atoms with Crippen LogP contribution < -0.4 is 18.9 Å². The van der Waals surface area contributed by atoms with E-state index in [9.17, 15) is 43.2 Å². The summed E-state index contributed by atoms with van der Waals surface area (Å²) in [7, 11) is 1.17. The highest BCUT2D eigenvalue weighted by atomic mass is 16.6. The van der Waals surface area contributed by atoms with E-state index in [-0.39, 0.29) is 73.2 Å². The van der Waals surface area contributed by atoms with Gasteiger partial charge in [0, 0.05) is 12.2 Å². The molecule has 0 unspecified atom stereocenters. The van der Waals surface area contributed by atoms with E-state index in [1.165, 1.54) is 25.3 Å². The van der Waals surface area contributed by atoms with Gasteiger partial charge < -0.3 is 42.6 Å². The molecule has 5 rings (SSSR count). The van der Waals surface area contributed by atoms with Crippen molar-refractivity contribution in [1.29, 1.82) is 0 Å². The minimum Gasteiger partial charge on any atom is -0.465 e. The monoisotopic (exact) mass is 988 g/mol. The van der Waals surface area contributed by atoms with Crippen LogP contribution in [0.5, 0.6) is 23.0 Å². The van der Waals surface area contributed by atoms with Crippen LogP contribution in [-0.2, 0) is 62.0 Å². The summed E-state index contributed by atoms with van der Waals surface area (Å²) in [6.45, 7) is 9.23. The molecule has 2 aromatic rings. The standard InChI is InChI=1S/C53H64O18/c1-5-45(54)64-27-7-9-29-66-47(56)34-11-15-36(16-12-34)49(58)68-40-23-25-43(33(3)31-40)70-51(60)38-19-21-39(22-20-38)52(61)71-44-26-24-41(32-42(44)53(62)63-4)69-50(59)37-17-13-35(14-18-37)48(57)67-30-10-8-28-65-46(55)6-2/h5-6,23-26,31-32,34-39H,1-2,7-22,27-30H2,3-4H3. The molecule has 0 radical (unpaired) electrons. The van der Waals surface area contributed by atoms with Crippen molar-refractivity contribution in [2.75, 3.05) is 33.5 Å². The lowest BCUT2D eigenvalue weighted by atomic mass is 9.82. The topological polar surface area (TPSA) is 237 Å². The molecule has 0 saturated heterocycles. The van der Waals surface area contributed by atoms with Gasteiger partial charge in [0.2, 0.25) is 0 Å². The Hall–Kier alpha value is -6.85. The molecule has 18 heteroatoms. The molecular formula is C53H64O18. The minimum atomic E-state index is -0.814. The lowest BCUT2D eigenvalue weighted by Crippen LogP contribution is -2.31. The van der Waals surface area contributed by atoms with Gasteiger partial charge in [0.1, 0.15) is 28.6 Å². The zero-order valence-electron chi connectivity index (χ0n) is 40.5. The fourth-order valence-corrected chi connectivity index (χ4v) is 8.66. The van der Waals surface area contributed by atoms with Gasteiger partial charge in [-0.15, -0.1) is 0 Å². The summed E-state index contributed by atoms with van der Waals surface area (Å²) in [5.41, 5.74) is 0.453. The molecule has 71 heavy (non-hydrogen) atoms. The number of carbonyl (C=O) groups excluding carboxylic acids is 9. The minimum absolute atomic E-state index is 0.0488. The second-order valence-electron chi connectivity index (χ2n) is 17.9. The number of aryl methyl sites for hydroxylation is 1. The van der Waals surface area contributed by atoms with Gasteiger partial charge in [-0.05, 0) is 152 Å². The van der Waals surface area contributed by atoms with Crippen LogP contribution in [-0.4, -0.2) is 87.3 Å². The fourth-order valence-electron chi connectivity index (χ4n) is 8.66. The number of unbranched alkanes of at least 4 members (excludes halogenated alkanes) is 2. The SMILES string of the molecule is C=CC(=O)OCCCCOC(=O)C1CCC(C(=O)Oc2ccc(OC(=O)C3CCC(C(=O)Oc4ccc(OC(=O)C5CCC(C(=O)OCCCCOC(=O)C=C)CC5)cc4C(=O)OC)CC3)c(C)c2)CC1. The summed E-state index contributed by atoms with van der Waals surface area (Å²) in [6.07, 6.45) is 9.30. The number of carbonyl (C=O) groups is 9. The third kappa shape index (κ3) is 17.2. The van der Waals surface area contributed by atoms with Crippen LogP contribution in [0, 0.1) is 42.4 Å². The summed E-state index contributed by atoms with van der Waals surface area (Å²) < 4.78 is 48.2. The van der Waals surface area contributed by atoms with E-state index in [1.54, 1.807) is 25.1 Å². The lowest BCUT2D eigenvalue weighted by Gasteiger charge is -2.26. The Morgan fingerprint density at radius 2 is 0.775 bits per heavy atom. The molecule has 0 amide bonds. The van der Waals surface area contributed by atoms with E-state index in [0.29, 0.717) is 120 Å². The summed E-state index contributed by atoms with van der Waals surface area (Å²) in [5.74, 6) is -6.46. The van der Waals surface area contributed by atoms with Crippen LogP contribution in [0.3, 0.4) is 0 Å². The summed E-state index contributed by atoms with van der Waals surface area (Å²) in [6, 6.07) is 8.76. The maximum absolute atomic E-state index is 13.4. The van der Waals surface area contributed by atoms with E-state index < -0.39 is 59.5 Å². The molecule has 2 aromatic carbocycles. The molecule has 18 nitrogen and oxygen atoms in total. The molecule has 3 fully saturated rings. The number of benzene rings is 2. The lowest BCUT2D eigenvalue weighted by molar-refractivity contribution is -0.152. The largest absolute Gasteiger partial charge is 0.465 e. The molecule has 0 spiro atoms. The van der Waals surface area contributed by atoms with Gasteiger partial charge in [-0.25, -0.2) is 14.4 Å². The van der Waals surface area contributed by atoms with E-state index >= 15 is 0 Å². The van der Waals surface area contributed by atoms with Crippen molar-refractivity contribution < 1.29 is 85.8 Å². The Morgan fingerprint density at radius 1 is 0.451 bits per heavy atom. The van der Waals surface area contributed by atoms with Gasteiger partial charge in [-0.3, -0.25) is 28.8 Å². The van der Waals surface area contributed by atoms with E-state index in [2.05, 4.69) is 13.2 Å². The predicted molar refractivity (Wildman–Crippen MR) is 251 cm³/mol. The highest BCUT2D eigenvalue weighted by Gasteiger charge is 2.35. The molecule has 0 N–H and O–H groups in total. The maximum Gasteiger partial charge on any atom is 0.341 e. The highest BCUT2D eigenvalue weighted by molar-refractivity contribution is 5.94. The van der Waals surface area contributed by atoms with Crippen LogP contribution in [0.25, 0.3) is 0 Å². The van der Waals surface area contributed by atoms with Crippen molar-refractivity contribution in [3.8, 4) is 23.0 Å². The van der Waals surface area contributed by atoms with Crippen molar-refractivity contribution in [2.45, 2.75) is 110 Å². The van der Waals surface area contributed by atoms with Gasteiger partial charge in [-0.2, -0.15) is 0 Å². The Balaban J connectivity index is 1.01. The summed E-state index contributed by atoms with van der Waals surface area (Å²) in [5, 5.41) is 0. The Labute approximate surface area is 413 Å². The number of rotatable bonds is 23. The molecule has 3 aliphatic carbocycles. The van der Waals surface area contributed by atoms with Gasteiger partial charge in [0.05, 0.1) is 69.0 Å². The molecule has 3 aliphatic rings. The first-order valence-corrected chi connectivity index (χ1v) is 24.3. The van der Waals surface area contributed by atoms with Crippen molar-refractivity contribution in [3.63, 3.8) is 0 Å². The van der Waals surface area contributed by atoms with Crippen LogP contribution in [0.4, 0.5) is 0 Å². The molecule has 0 aliphatic heterocycles. The van der Waals surface area contributed by atoms with Crippen molar-refractivity contribution >= 4 is 53.7 Å². The molecule has 0 bridgehead atoms. The van der Waals surface area contributed by atoms with E-state index in [1.807, 2.05) is 0 Å². The number of hydrogen-bond donors (Lipinski definition) is 0. The van der Waals surface area contributed by atoms with Gasteiger partial charge in [0.25, 0.3) is 0 Å². The van der Waals surface area contributed by atoms with Crippen molar-refractivity contribution in [3.05, 3.63) is 72.8 Å². The first-order chi connectivity index (χ1) is 34.2. The smallest absolute Gasteiger partial charge is 0.341 e. The zero-order chi connectivity index (χ0) is 51.3. The van der Waals surface area contributed by atoms with Gasteiger partial charge in [-0.1, -0.05) is 13.2 Å². The van der Waals surface area contributed by atoms with Crippen LogP contribution in [0.2, 0.25) is 0 Å². The van der Waals surface area contributed by atoms with Gasteiger partial charge >= 0.3 is 53.7 Å². The van der Waals surface area contributed by atoms with Gasteiger partial charge in [0.15, 0.2) is 0 Å². The van der Waals surface area contributed by atoms with Crippen molar-refractivity contribution in [2.24, 2.45) is 35.5 Å². The molecule has 0 atom stereocenters. The average molecular weight is 989 g/mol. The van der Waals surface area contributed by atoms with Crippen LogP contribution >= 0.6 is 0 Å². The highest BCUT2D eigenvalue weighted by Crippen LogP contribution is 2.36. The first-order valence-electron chi connectivity index (χ1n) is 24.3. The first kappa shape index (κ1) is 55.1.